The highest BCUT2D eigenvalue weighted by molar-refractivity contribution is 6.09. The molecule has 24 heavy (non-hydrogen) atoms. The molecule has 128 valence electrons. The van der Waals surface area contributed by atoms with E-state index >= 15 is 0 Å². The van der Waals surface area contributed by atoms with Gasteiger partial charge in [0.15, 0.2) is 5.82 Å². The zero-order valence-electron chi connectivity index (χ0n) is 13.4. The zero-order chi connectivity index (χ0) is 17.1. The SMILES string of the molecule is Cc1nc2c(/C(=N\NC(C)C3=CCC(C(F)(F)F)N=C3)C3CC3)n1-2. The quantitative estimate of drug-likeness (QED) is 0.674. The topological polar surface area (TPSA) is 54.6 Å². The lowest BCUT2D eigenvalue weighted by molar-refractivity contribution is -0.146. The minimum atomic E-state index is -4.28. The van der Waals surface area contributed by atoms with Crippen molar-refractivity contribution in [1.29, 1.82) is 0 Å². The predicted molar refractivity (Wildman–Crippen MR) is 84.8 cm³/mol. The van der Waals surface area contributed by atoms with Crippen molar-refractivity contribution >= 4 is 11.9 Å². The van der Waals surface area contributed by atoms with E-state index in [4.69, 9.17) is 0 Å². The number of alkyl halides is 3. The number of hydrogen-bond donors (Lipinski definition) is 1. The Balaban J connectivity index is 1.42. The number of halogens is 3. The van der Waals surface area contributed by atoms with Crippen LogP contribution in [0.4, 0.5) is 13.2 Å². The molecule has 8 heteroatoms. The lowest BCUT2D eigenvalue weighted by Crippen LogP contribution is -2.32. The standard InChI is InChI=1S/C16H18F3N5/c1-8(11-5-6-12(20-7-11)16(17,18)19)22-23-13(10-3-4-10)14-15-21-9(2)24(14)15/h5,7-8,10,12,22H,3-4,6H2,1-2H3/b23-13-. The van der Waals surface area contributed by atoms with Crippen LogP contribution < -0.4 is 5.43 Å². The molecule has 0 aromatic rings. The maximum Gasteiger partial charge on any atom is 0.411 e. The minimum Gasteiger partial charge on any atom is -0.302 e. The number of hydrogen-bond acceptors (Lipinski definition) is 4. The van der Waals surface area contributed by atoms with Gasteiger partial charge in [-0.05, 0) is 38.7 Å². The molecule has 4 rings (SSSR count). The molecule has 0 amide bonds. The fraction of sp³-hybridized carbons (Fsp3) is 0.562. The molecular formula is C16H18F3N5. The Hall–Kier alpha value is -2.12. The molecule has 5 nitrogen and oxygen atoms in total. The molecule has 2 unspecified atom stereocenters. The number of fused-ring (bicyclic) bond motifs is 1. The number of aryl methyl sites for hydroxylation is 1. The van der Waals surface area contributed by atoms with Crippen molar-refractivity contribution in [2.24, 2.45) is 16.0 Å². The highest BCUT2D eigenvalue weighted by Crippen LogP contribution is 2.41. The second-order valence-corrected chi connectivity index (χ2v) is 6.56. The summed E-state index contributed by atoms with van der Waals surface area (Å²) < 4.78 is 40.0. The van der Waals surface area contributed by atoms with Crippen LogP contribution >= 0.6 is 0 Å². The predicted octanol–water partition coefficient (Wildman–Crippen LogP) is 2.92. The molecule has 1 aliphatic carbocycles. The van der Waals surface area contributed by atoms with Crippen molar-refractivity contribution < 1.29 is 13.2 Å². The summed E-state index contributed by atoms with van der Waals surface area (Å²) in [6.45, 7) is 3.83. The average molecular weight is 337 g/mol. The number of aromatic nitrogens is 2. The first-order valence-electron chi connectivity index (χ1n) is 8.09. The second kappa shape index (κ2) is 5.19. The third kappa shape index (κ3) is 2.63. The first-order valence-corrected chi connectivity index (χ1v) is 8.09. The fourth-order valence-electron chi connectivity index (χ4n) is 2.94. The van der Waals surface area contributed by atoms with Crippen molar-refractivity contribution in [2.75, 3.05) is 0 Å². The summed E-state index contributed by atoms with van der Waals surface area (Å²) in [6.07, 6.45) is 0.750. The molecule has 0 saturated heterocycles. The van der Waals surface area contributed by atoms with E-state index in [1.165, 1.54) is 6.21 Å². The molecule has 2 atom stereocenters. The third-order valence-corrected chi connectivity index (χ3v) is 4.63. The lowest BCUT2D eigenvalue weighted by atomic mass is 10.0. The summed E-state index contributed by atoms with van der Waals surface area (Å²) in [5.41, 5.74) is 5.91. The van der Waals surface area contributed by atoms with Gasteiger partial charge in [-0.3, -0.25) is 9.56 Å². The number of nitrogens with one attached hydrogen (secondary N) is 1. The number of nitrogens with zero attached hydrogens (tertiary/aromatic N) is 4. The molecule has 0 aromatic heterocycles. The van der Waals surface area contributed by atoms with Crippen LogP contribution in [-0.2, 0) is 0 Å². The number of imidazole rings is 1. The Morgan fingerprint density at radius 1 is 1.42 bits per heavy atom. The van der Waals surface area contributed by atoms with E-state index in [0.717, 1.165) is 41.5 Å². The Morgan fingerprint density at radius 2 is 2.17 bits per heavy atom. The summed E-state index contributed by atoms with van der Waals surface area (Å²) in [5, 5.41) is 4.53. The maximum atomic E-state index is 12.6. The van der Waals surface area contributed by atoms with E-state index in [1.807, 2.05) is 13.8 Å². The van der Waals surface area contributed by atoms with Gasteiger partial charge in [0.25, 0.3) is 0 Å². The van der Waals surface area contributed by atoms with E-state index in [1.54, 1.807) is 6.08 Å². The van der Waals surface area contributed by atoms with Gasteiger partial charge in [0, 0.05) is 12.1 Å². The molecule has 0 radical (unpaired) electrons. The number of hydrazone groups is 1. The third-order valence-electron chi connectivity index (χ3n) is 4.63. The maximum absolute atomic E-state index is 12.6. The van der Waals surface area contributed by atoms with Crippen LogP contribution in [0.5, 0.6) is 0 Å². The lowest BCUT2D eigenvalue weighted by Gasteiger charge is -2.21. The fourth-order valence-corrected chi connectivity index (χ4v) is 2.94. The van der Waals surface area contributed by atoms with Gasteiger partial charge in [0.05, 0.1) is 11.8 Å². The van der Waals surface area contributed by atoms with Gasteiger partial charge in [-0.2, -0.15) is 18.3 Å². The normalized spacial score (nSPS) is 24.0. The van der Waals surface area contributed by atoms with Crippen LogP contribution in [0.2, 0.25) is 0 Å². The van der Waals surface area contributed by atoms with E-state index in [0.29, 0.717) is 5.92 Å². The van der Waals surface area contributed by atoms with E-state index in [2.05, 4.69) is 25.1 Å². The molecule has 0 aromatic carbocycles. The van der Waals surface area contributed by atoms with Gasteiger partial charge in [-0.15, -0.1) is 0 Å². The summed E-state index contributed by atoms with van der Waals surface area (Å²) >= 11 is 0. The van der Waals surface area contributed by atoms with Crippen LogP contribution in [0.3, 0.4) is 0 Å². The molecule has 3 aliphatic heterocycles. The first kappa shape index (κ1) is 15.4. The van der Waals surface area contributed by atoms with Crippen molar-refractivity contribution in [2.45, 2.75) is 51.4 Å². The smallest absolute Gasteiger partial charge is 0.302 e. The first-order chi connectivity index (χ1) is 11.4. The van der Waals surface area contributed by atoms with Gasteiger partial charge >= 0.3 is 6.18 Å². The largest absolute Gasteiger partial charge is 0.411 e. The number of dihydropyridines is 1. The summed E-state index contributed by atoms with van der Waals surface area (Å²) in [5.74, 6) is 2.45. The molecule has 0 spiro atoms. The van der Waals surface area contributed by atoms with Crippen LogP contribution in [0.15, 0.2) is 21.7 Å². The van der Waals surface area contributed by atoms with Crippen LogP contribution in [0.1, 0.15) is 37.7 Å². The highest BCUT2D eigenvalue weighted by atomic mass is 19.4. The number of aliphatic imine (C=N–C) groups is 1. The van der Waals surface area contributed by atoms with Gasteiger partial charge < -0.3 is 5.43 Å². The van der Waals surface area contributed by atoms with E-state index in [9.17, 15) is 13.2 Å². The van der Waals surface area contributed by atoms with Gasteiger partial charge in [0.2, 0.25) is 0 Å². The molecule has 3 heterocycles. The summed E-state index contributed by atoms with van der Waals surface area (Å²) in [7, 11) is 0. The van der Waals surface area contributed by atoms with Crippen molar-refractivity contribution in [3.05, 3.63) is 23.2 Å². The van der Waals surface area contributed by atoms with E-state index in [-0.39, 0.29) is 12.5 Å². The molecule has 4 aliphatic rings. The molecule has 1 saturated carbocycles. The number of rotatable bonds is 5. The molecule has 1 N–H and O–H groups in total. The van der Waals surface area contributed by atoms with Gasteiger partial charge in [-0.1, -0.05) is 6.08 Å². The Kier molecular flexibility index (Phi) is 3.33. The van der Waals surface area contributed by atoms with Crippen molar-refractivity contribution in [3.63, 3.8) is 0 Å². The minimum absolute atomic E-state index is 0.114. The van der Waals surface area contributed by atoms with Gasteiger partial charge in [-0.25, -0.2) is 4.98 Å². The van der Waals surface area contributed by atoms with Crippen molar-refractivity contribution in [1.82, 2.24) is 15.0 Å². The van der Waals surface area contributed by atoms with Crippen molar-refractivity contribution in [3.8, 4) is 5.82 Å². The Morgan fingerprint density at radius 3 is 2.62 bits per heavy atom. The van der Waals surface area contributed by atoms with Crippen LogP contribution in [-0.4, -0.2) is 39.7 Å². The van der Waals surface area contributed by atoms with Gasteiger partial charge in [0.1, 0.15) is 17.6 Å². The Labute approximate surface area is 137 Å². The Bertz CT molecular complexity index is 767. The monoisotopic (exact) mass is 337 g/mol. The second-order valence-electron chi connectivity index (χ2n) is 6.56. The molecule has 1 fully saturated rings. The molecular weight excluding hydrogens is 319 g/mol. The average Bonchev–Trinajstić information content (AvgIpc) is 3.42. The molecule has 0 bridgehead atoms. The van der Waals surface area contributed by atoms with Crippen LogP contribution in [0.25, 0.3) is 5.82 Å². The highest BCUT2D eigenvalue weighted by Gasteiger charge is 2.42. The van der Waals surface area contributed by atoms with E-state index < -0.39 is 12.2 Å². The summed E-state index contributed by atoms with van der Waals surface area (Å²) in [6, 6.07) is -1.81. The summed E-state index contributed by atoms with van der Waals surface area (Å²) in [4.78, 5) is 7.96. The van der Waals surface area contributed by atoms with Crippen LogP contribution in [0, 0.1) is 12.8 Å². The zero-order valence-corrected chi connectivity index (χ0v) is 13.4.